The molecule has 0 amide bonds. The Labute approximate surface area is 230 Å². The van der Waals surface area contributed by atoms with Crippen LogP contribution >= 0.6 is 0 Å². The van der Waals surface area contributed by atoms with E-state index in [1.54, 1.807) is 0 Å². The molecule has 0 saturated heterocycles. The van der Waals surface area contributed by atoms with Crippen molar-refractivity contribution < 1.29 is 4.42 Å². The first-order valence-corrected chi connectivity index (χ1v) is 13.7. The molecule has 6 aromatic carbocycles. The number of aryl methyl sites for hydroxylation is 1. The van der Waals surface area contributed by atoms with Crippen molar-refractivity contribution in [3.63, 3.8) is 0 Å². The highest BCUT2D eigenvalue weighted by molar-refractivity contribution is 6.14. The minimum Gasteiger partial charge on any atom is -0.454 e. The number of rotatable bonds is 2. The predicted octanol–water partition coefficient (Wildman–Crippen LogP) is 10.1. The van der Waals surface area contributed by atoms with Crippen LogP contribution in [0.4, 0.5) is 0 Å². The molecular weight excluding hydrogens is 488 g/mol. The molecule has 3 nitrogen and oxygen atoms in total. The van der Waals surface area contributed by atoms with E-state index in [1.807, 2.05) is 0 Å². The van der Waals surface area contributed by atoms with Gasteiger partial charge in [-0.25, -0.2) is 0 Å². The van der Waals surface area contributed by atoms with Gasteiger partial charge in [0.15, 0.2) is 5.58 Å². The molecule has 0 radical (unpaired) electrons. The molecule has 9 rings (SSSR count). The van der Waals surface area contributed by atoms with Gasteiger partial charge in [0.2, 0.25) is 0 Å². The van der Waals surface area contributed by atoms with Gasteiger partial charge in [0, 0.05) is 38.0 Å². The Hall–Kier alpha value is -5.28. The molecule has 40 heavy (non-hydrogen) atoms. The third kappa shape index (κ3) is 2.84. The number of aromatic nitrogens is 2. The van der Waals surface area contributed by atoms with Crippen molar-refractivity contribution in [3.8, 4) is 11.4 Å². The first-order valence-electron chi connectivity index (χ1n) is 13.7. The molecule has 0 spiro atoms. The number of furan rings is 1. The molecule has 0 fully saturated rings. The fourth-order valence-corrected chi connectivity index (χ4v) is 6.64. The van der Waals surface area contributed by atoms with Gasteiger partial charge in [-0.3, -0.25) is 0 Å². The Bertz CT molecular complexity index is 2340. The molecule has 0 aliphatic carbocycles. The molecule has 0 bridgehead atoms. The largest absolute Gasteiger partial charge is 0.454 e. The highest BCUT2D eigenvalue weighted by atomic mass is 16.3. The smallest absolute Gasteiger partial charge is 0.159 e. The number of hydrogen-bond donors (Lipinski definition) is 0. The standard InChI is InChI=1S/C37H24N2O/c1-23-18-19-36-29(20-23)30-21-24(38-31-14-6-2-10-25(31)26-11-3-7-15-32(26)38)22-35(37(30)40-36)39-33-16-8-4-12-27(33)28-13-5-9-17-34(28)39/h2-22H,1H3. The highest BCUT2D eigenvalue weighted by Gasteiger charge is 2.21. The lowest BCUT2D eigenvalue weighted by molar-refractivity contribution is 0.666. The zero-order chi connectivity index (χ0) is 26.4. The number of nitrogens with zero attached hydrogens (tertiary/aromatic N) is 2. The summed E-state index contributed by atoms with van der Waals surface area (Å²) in [4.78, 5) is 0. The molecule has 3 heteroatoms. The lowest BCUT2D eigenvalue weighted by Gasteiger charge is -2.14. The van der Waals surface area contributed by atoms with E-state index in [0.29, 0.717) is 0 Å². The van der Waals surface area contributed by atoms with E-state index in [4.69, 9.17) is 4.42 Å². The van der Waals surface area contributed by atoms with E-state index < -0.39 is 0 Å². The molecule has 0 unspecified atom stereocenters. The van der Waals surface area contributed by atoms with Crippen LogP contribution < -0.4 is 0 Å². The van der Waals surface area contributed by atoms with E-state index >= 15 is 0 Å². The molecule has 3 heterocycles. The molecule has 0 atom stereocenters. The van der Waals surface area contributed by atoms with Crippen LogP contribution in [0.5, 0.6) is 0 Å². The molecule has 188 valence electrons. The van der Waals surface area contributed by atoms with E-state index in [-0.39, 0.29) is 0 Å². The van der Waals surface area contributed by atoms with Crippen LogP contribution in [-0.2, 0) is 0 Å². The summed E-state index contributed by atoms with van der Waals surface area (Å²) >= 11 is 0. The second-order valence-electron chi connectivity index (χ2n) is 10.7. The second kappa shape index (κ2) is 7.87. The van der Waals surface area contributed by atoms with Gasteiger partial charge in [-0.05, 0) is 55.5 Å². The van der Waals surface area contributed by atoms with Crippen LogP contribution in [0.3, 0.4) is 0 Å². The molecular formula is C37H24N2O. The molecule has 3 aromatic heterocycles. The lowest BCUT2D eigenvalue weighted by Crippen LogP contribution is -1.99. The summed E-state index contributed by atoms with van der Waals surface area (Å²) in [5.74, 6) is 0. The quantitative estimate of drug-likeness (QED) is 0.226. The second-order valence-corrected chi connectivity index (χ2v) is 10.7. The zero-order valence-corrected chi connectivity index (χ0v) is 21.9. The van der Waals surface area contributed by atoms with Gasteiger partial charge in [0.1, 0.15) is 5.58 Å². The van der Waals surface area contributed by atoms with Crippen LogP contribution in [0.1, 0.15) is 5.56 Å². The van der Waals surface area contributed by atoms with Crippen LogP contribution in [0, 0.1) is 6.92 Å². The fraction of sp³-hybridized carbons (Fsp3) is 0.0270. The fourth-order valence-electron chi connectivity index (χ4n) is 6.64. The summed E-state index contributed by atoms with van der Waals surface area (Å²) in [6, 6.07) is 45.8. The van der Waals surface area contributed by atoms with E-state index in [2.05, 4.69) is 143 Å². The first kappa shape index (κ1) is 21.6. The third-order valence-corrected chi connectivity index (χ3v) is 8.35. The highest BCUT2D eigenvalue weighted by Crippen LogP contribution is 2.41. The molecule has 9 aromatic rings. The zero-order valence-electron chi connectivity index (χ0n) is 21.9. The van der Waals surface area contributed by atoms with Crippen molar-refractivity contribution in [2.45, 2.75) is 6.92 Å². The van der Waals surface area contributed by atoms with Gasteiger partial charge < -0.3 is 13.6 Å². The Balaban J connectivity index is 1.50. The average Bonchev–Trinajstić information content (AvgIpc) is 3.64. The van der Waals surface area contributed by atoms with E-state index in [9.17, 15) is 0 Å². The monoisotopic (exact) mass is 512 g/mol. The van der Waals surface area contributed by atoms with Crippen molar-refractivity contribution in [2.24, 2.45) is 0 Å². The first-order chi connectivity index (χ1) is 19.8. The van der Waals surface area contributed by atoms with E-state index in [1.165, 1.54) is 49.2 Å². The third-order valence-electron chi connectivity index (χ3n) is 8.35. The molecule has 0 N–H and O–H groups in total. The number of hydrogen-bond acceptors (Lipinski definition) is 1. The number of para-hydroxylation sites is 4. The molecule has 0 saturated carbocycles. The minimum atomic E-state index is 0.900. The van der Waals surface area contributed by atoms with Gasteiger partial charge in [0.05, 0.1) is 27.8 Å². The van der Waals surface area contributed by atoms with Gasteiger partial charge in [0.25, 0.3) is 0 Å². The number of fused-ring (bicyclic) bond motifs is 9. The van der Waals surface area contributed by atoms with Crippen molar-refractivity contribution >= 4 is 65.6 Å². The van der Waals surface area contributed by atoms with Crippen LogP contribution in [0.2, 0.25) is 0 Å². The Morgan fingerprint density at radius 2 is 0.950 bits per heavy atom. The van der Waals surface area contributed by atoms with Crippen molar-refractivity contribution in [1.82, 2.24) is 9.13 Å². The van der Waals surface area contributed by atoms with Crippen molar-refractivity contribution in [1.29, 1.82) is 0 Å². The van der Waals surface area contributed by atoms with Crippen molar-refractivity contribution in [3.05, 3.63) is 133 Å². The topological polar surface area (TPSA) is 23.0 Å². The van der Waals surface area contributed by atoms with Gasteiger partial charge >= 0.3 is 0 Å². The van der Waals surface area contributed by atoms with Gasteiger partial charge in [-0.15, -0.1) is 0 Å². The lowest BCUT2D eigenvalue weighted by atomic mass is 10.1. The predicted molar refractivity (Wildman–Crippen MR) is 167 cm³/mol. The van der Waals surface area contributed by atoms with Crippen LogP contribution in [0.15, 0.2) is 132 Å². The summed E-state index contributed by atoms with van der Waals surface area (Å²) in [7, 11) is 0. The summed E-state index contributed by atoms with van der Waals surface area (Å²) < 4.78 is 11.5. The normalized spacial score (nSPS) is 12.1. The summed E-state index contributed by atoms with van der Waals surface area (Å²) in [6.07, 6.45) is 0. The maximum absolute atomic E-state index is 6.68. The summed E-state index contributed by atoms with van der Waals surface area (Å²) in [6.45, 7) is 2.14. The SMILES string of the molecule is Cc1ccc2oc3c(-n4c5ccccc5c5ccccc54)cc(-n4c5ccccc5c5ccccc54)cc3c2c1. The van der Waals surface area contributed by atoms with Gasteiger partial charge in [-0.1, -0.05) is 84.4 Å². The molecule has 0 aliphatic rings. The maximum Gasteiger partial charge on any atom is 0.159 e. The maximum atomic E-state index is 6.68. The molecule has 0 aliphatic heterocycles. The Kier molecular flexibility index (Phi) is 4.26. The van der Waals surface area contributed by atoms with Crippen LogP contribution in [-0.4, -0.2) is 9.13 Å². The van der Waals surface area contributed by atoms with Crippen LogP contribution in [0.25, 0.3) is 76.9 Å². The average molecular weight is 513 g/mol. The summed E-state index contributed by atoms with van der Waals surface area (Å²) in [5.41, 5.74) is 9.91. The number of benzene rings is 6. The Morgan fingerprint density at radius 1 is 0.450 bits per heavy atom. The van der Waals surface area contributed by atoms with Gasteiger partial charge in [-0.2, -0.15) is 0 Å². The van der Waals surface area contributed by atoms with E-state index in [0.717, 1.165) is 33.3 Å². The minimum absolute atomic E-state index is 0.900. The Morgan fingerprint density at radius 3 is 1.50 bits per heavy atom. The van der Waals surface area contributed by atoms with Crippen molar-refractivity contribution in [2.75, 3.05) is 0 Å². The summed E-state index contributed by atoms with van der Waals surface area (Å²) in [5, 5.41) is 7.24.